The highest BCUT2D eigenvalue weighted by atomic mass is 128. The Bertz CT molecular complexity index is 2700. The molecule has 0 amide bonds. The quantitative estimate of drug-likeness (QED) is 0.0109. The summed E-state index contributed by atoms with van der Waals surface area (Å²) < 4.78 is 56.0. The number of rotatable bonds is 35. The van der Waals surface area contributed by atoms with Crippen molar-refractivity contribution in [3.8, 4) is 29.1 Å². The van der Waals surface area contributed by atoms with Crippen molar-refractivity contribution in [2.75, 3.05) is 81.6 Å². The van der Waals surface area contributed by atoms with Gasteiger partial charge in [0.05, 0.1) is 104 Å². The van der Waals surface area contributed by atoms with Crippen LogP contribution < -0.4 is 34.9 Å². The highest BCUT2D eigenvalue weighted by Gasteiger charge is 2.41. The molecule has 16 nitrogen and oxygen atoms in total. The third kappa shape index (κ3) is 25.3. The number of methoxy groups -OCH3 is 5. The van der Waals surface area contributed by atoms with Crippen LogP contribution in [0.25, 0.3) is 0 Å². The van der Waals surface area contributed by atoms with E-state index in [-0.39, 0.29) is 63.9 Å². The van der Waals surface area contributed by atoms with Gasteiger partial charge in [-0.15, -0.1) is 0 Å². The van der Waals surface area contributed by atoms with Crippen LogP contribution in [0, 0.1) is 11.3 Å². The van der Waals surface area contributed by atoms with Crippen molar-refractivity contribution in [2.24, 2.45) is 0 Å². The van der Waals surface area contributed by atoms with Gasteiger partial charge in [-0.05, 0) is 150 Å². The number of nitrogens with one attached hydrogen (secondary N) is 3. The average molecular weight is 1500 g/mol. The zero-order chi connectivity index (χ0) is 65.8. The molecule has 0 bridgehead atoms. The molecule has 5 N–H and O–H groups in total. The first kappa shape index (κ1) is 84.5. The average Bonchev–Trinajstić information content (AvgIpc) is 0.793. The standard InChI is InChI=1S/C36H50N3O5P.C27H33NO4.C7H17NO2.2CH4.I2/c1-9-38-35(29(6)44-45(43-25-13-24-37)39(27(2)3)28(4)5)26-42-36(30-14-11-10-12-15-30,31-16-20-33(40-7)21-17-31)32-18-22-34(41-8)23-19-32;1-5-28-26(20(2)29)19-32-27(21-9-7-6-8-10-21,22-11-15-24(30-3)16-12-22)23-13-17-25(31-4)18-14-23;1-4-8-7(5-9)6(2)10-3;;;1-2/h10-12,14-23,27-29,35,38H,9,13,25-26H2,1-8H3;6-18,20,26,28-29H,5,19H2,1-4H3;6-9H,4-5H2,1-3H3;2*1H4;. The van der Waals surface area contributed by atoms with Gasteiger partial charge in [-0.1, -0.05) is 145 Å². The van der Waals surface area contributed by atoms with Crippen LogP contribution >= 0.6 is 45.8 Å². The molecule has 6 aromatic carbocycles. The Balaban J connectivity index is 0.000000783. The predicted octanol–water partition coefficient (Wildman–Crippen LogP) is 15.1. The summed E-state index contributed by atoms with van der Waals surface area (Å²) in [5.74, 6) is 3.10. The highest BCUT2D eigenvalue weighted by Crippen LogP contribution is 2.48. The Labute approximate surface area is 572 Å². The van der Waals surface area contributed by atoms with E-state index in [1.54, 1.807) is 42.5 Å². The summed E-state index contributed by atoms with van der Waals surface area (Å²) in [5, 5.41) is 38.3. The number of ether oxygens (including phenoxy) is 7. The molecule has 0 radical (unpaired) electrons. The number of hydrogen-bond donors (Lipinski definition) is 5. The summed E-state index contributed by atoms with van der Waals surface area (Å²) >= 11 is 4.24. The Kier molecular flexibility index (Phi) is 43.2. The molecule has 0 saturated heterocycles. The van der Waals surface area contributed by atoms with Gasteiger partial charge >= 0.3 is 0 Å². The van der Waals surface area contributed by atoms with E-state index >= 15 is 0 Å². The summed E-state index contributed by atoms with van der Waals surface area (Å²) in [4.78, 5) is 0. The maximum atomic E-state index is 10.3. The second-order valence-electron chi connectivity index (χ2n) is 21.3. The van der Waals surface area contributed by atoms with Crippen molar-refractivity contribution in [3.63, 3.8) is 0 Å². The van der Waals surface area contributed by atoms with Crippen LogP contribution in [-0.4, -0.2) is 145 Å². The van der Waals surface area contributed by atoms with Crippen LogP contribution in [0.2, 0.25) is 0 Å². The van der Waals surface area contributed by atoms with Crippen molar-refractivity contribution >= 4 is 45.8 Å². The third-order valence-corrected chi connectivity index (χ3v) is 17.1. The lowest BCUT2D eigenvalue weighted by Gasteiger charge is -2.40. The van der Waals surface area contributed by atoms with Crippen LogP contribution in [0.4, 0.5) is 0 Å². The normalized spacial score (nSPS) is 13.5. The van der Waals surface area contributed by atoms with Crippen molar-refractivity contribution in [2.45, 2.75) is 150 Å². The number of aliphatic hydroxyl groups excluding tert-OH is 2. The van der Waals surface area contributed by atoms with Crippen molar-refractivity contribution < 1.29 is 52.4 Å². The second-order valence-corrected chi connectivity index (χ2v) is 22.8. The molecule has 0 heterocycles. The van der Waals surface area contributed by atoms with E-state index in [1.165, 1.54) is 0 Å². The topological polar surface area (TPSA) is 187 Å². The fourth-order valence-corrected chi connectivity index (χ4v) is 11.9. The first-order valence-corrected chi connectivity index (χ1v) is 37.8. The summed E-state index contributed by atoms with van der Waals surface area (Å²) in [6.07, 6.45) is -0.442. The smallest absolute Gasteiger partial charge is 0.259 e. The molecule has 0 aromatic heterocycles. The summed E-state index contributed by atoms with van der Waals surface area (Å²) in [6, 6.07) is 54.7. The van der Waals surface area contributed by atoms with E-state index in [9.17, 15) is 5.11 Å². The van der Waals surface area contributed by atoms with E-state index in [0.29, 0.717) is 26.2 Å². The SMILES string of the molecule is C.C.CCNC(CO)C(C)OC.CCNC(COC(c1ccccc1)(c1ccc(OC)cc1)c1ccc(OC)cc1)C(C)O.CCNC(COC(c1ccccc1)(c1ccc(OC)cc1)c1ccc(OC)cc1)C(C)OP(OCCC#N)N(C(C)C)C(C)C.II. The maximum Gasteiger partial charge on any atom is 0.259 e. The van der Waals surface area contributed by atoms with Crippen LogP contribution in [0.3, 0.4) is 0 Å². The molecule has 0 fully saturated rings. The van der Waals surface area contributed by atoms with Crippen molar-refractivity contribution in [3.05, 3.63) is 191 Å². The van der Waals surface area contributed by atoms with Gasteiger partial charge in [-0.2, -0.15) is 5.26 Å². The van der Waals surface area contributed by atoms with Gasteiger partial charge in [0.15, 0.2) is 0 Å². The predicted molar refractivity (Wildman–Crippen MR) is 391 cm³/mol. The molecule has 7 atom stereocenters. The number of halogens is 2. The molecule has 0 aliphatic heterocycles. The lowest BCUT2D eigenvalue weighted by Crippen LogP contribution is -2.46. The number of nitrogens with zero attached hydrogens (tertiary/aromatic N) is 2. The fourth-order valence-electron chi connectivity index (χ4n) is 10.1. The van der Waals surface area contributed by atoms with Gasteiger partial charge in [-0.3, -0.25) is 0 Å². The Morgan fingerprint density at radius 2 is 0.813 bits per heavy atom. The number of benzene rings is 6. The number of likely N-dealkylation sites (N-methyl/N-ethyl adjacent to an activating group) is 3. The van der Waals surface area contributed by atoms with Gasteiger partial charge < -0.3 is 68.4 Å². The van der Waals surface area contributed by atoms with Crippen LogP contribution in [0.1, 0.15) is 124 Å². The maximum absolute atomic E-state index is 10.3. The number of hydrogen-bond acceptors (Lipinski definition) is 16. The molecule has 0 spiro atoms. The molecule has 19 heteroatoms. The molecule has 506 valence electrons. The van der Waals surface area contributed by atoms with Crippen LogP contribution in [0.15, 0.2) is 158 Å². The molecule has 6 rings (SSSR count). The minimum atomic E-state index is -1.42. The monoisotopic (exact) mass is 1500 g/mol. The molecule has 7 unspecified atom stereocenters. The molecular weight excluding hydrogens is 1400 g/mol. The Morgan fingerprint density at radius 3 is 1.10 bits per heavy atom. The Morgan fingerprint density at radius 1 is 0.495 bits per heavy atom. The van der Waals surface area contributed by atoms with E-state index < -0.39 is 25.8 Å². The second kappa shape index (κ2) is 46.5. The summed E-state index contributed by atoms with van der Waals surface area (Å²) in [7, 11) is 6.87. The van der Waals surface area contributed by atoms with Gasteiger partial charge in [0.25, 0.3) is 8.53 Å². The van der Waals surface area contributed by atoms with E-state index in [0.717, 1.165) is 76.0 Å². The van der Waals surface area contributed by atoms with Crippen molar-refractivity contribution in [1.82, 2.24) is 20.6 Å². The van der Waals surface area contributed by atoms with Gasteiger partial charge in [0, 0.05) is 56.4 Å². The first-order valence-electron chi connectivity index (χ1n) is 30.4. The summed E-state index contributed by atoms with van der Waals surface area (Å²) in [5.41, 5.74) is 4.04. The molecule has 0 saturated carbocycles. The third-order valence-electron chi connectivity index (χ3n) is 14.9. The first-order chi connectivity index (χ1) is 43.0. The van der Waals surface area contributed by atoms with Crippen LogP contribution in [0.5, 0.6) is 23.0 Å². The minimum Gasteiger partial charge on any atom is -0.497 e. The zero-order valence-electron chi connectivity index (χ0n) is 55.0. The van der Waals surface area contributed by atoms with Crippen LogP contribution in [-0.2, 0) is 34.5 Å². The Hall–Kier alpha value is -4.54. The fraction of sp³-hybridized carbons (Fsp3) is 0.486. The summed E-state index contributed by atoms with van der Waals surface area (Å²) in [6.45, 7) is 23.9. The van der Waals surface area contributed by atoms with Gasteiger partial charge in [-0.25, -0.2) is 4.67 Å². The molecular formula is C72H108I2N5O11P. The highest BCUT2D eigenvalue weighted by molar-refractivity contribution is 15.0. The largest absolute Gasteiger partial charge is 0.497 e. The van der Waals surface area contributed by atoms with Crippen molar-refractivity contribution in [1.29, 1.82) is 5.26 Å². The number of aliphatic hydroxyl groups is 2. The van der Waals surface area contributed by atoms with E-state index in [4.69, 9.17) is 52.6 Å². The zero-order valence-corrected chi connectivity index (χ0v) is 60.2. The minimum absolute atomic E-state index is 0. The van der Waals surface area contributed by atoms with Gasteiger partial charge in [0.1, 0.15) is 34.2 Å². The molecule has 0 aliphatic rings. The molecule has 0 aliphatic carbocycles. The lowest BCUT2D eigenvalue weighted by molar-refractivity contribution is -0.0204. The van der Waals surface area contributed by atoms with E-state index in [2.05, 4.69) is 154 Å². The number of nitriles is 1. The van der Waals surface area contributed by atoms with Gasteiger partial charge in [0.2, 0.25) is 0 Å². The lowest BCUT2D eigenvalue weighted by atomic mass is 9.80. The molecule has 91 heavy (non-hydrogen) atoms. The molecule has 6 aromatic rings. The van der Waals surface area contributed by atoms with E-state index in [1.807, 2.05) is 130 Å².